The molecule has 6 heteroatoms. The largest absolute Gasteiger partial charge is 0.495 e. The Labute approximate surface area is 262 Å². The second-order valence-corrected chi connectivity index (χ2v) is 12.8. The highest BCUT2D eigenvalue weighted by molar-refractivity contribution is 6.10. The molecule has 1 atom stereocenters. The molecule has 0 bridgehead atoms. The Hall–Kier alpha value is -4.42. The quantitative estimate of drug-likeness (QED) is 0.233. The summed E-state index contributed by atoms with van der Waals surface area (Å²) in [5.74, 6) is 0.320. The van der Waals surface area contributed by atoms with E-state index in [4.69, 9.17) is 14.2 Å². The first-order chi connectivity index (χ1) is 21.8. The molecule has 228 valence electrons. The van der Waals surface area contributed by atoms with Crippen molar-refractivity contribution in [3.63, 3.8) is 0 Å². The molecule has 45 heavy (non-hydrogen) atoms. The summed E-state index contributed by atoms with van der Waals surface area (Å²) in [5.41, 5.74) is 5.33. The summed E-state index contributed by atoms with van der Waals surface area (Å²) in [6, 6.07) is 17.0. The fourth-order valence-electron chi connectivity index (χ4n) is 7.94. The van der Waals surface area contributed by atoms with Gasteiger partial charge in [0.15, 0.2) is 5.60 Å². The Bertz CT molecular complexity index is 1950. The first kappa shape index (κ1) is 28.1. The van der Waals surface area contributed by atoms with Gasteiger partial charge in [0.05, 0.1) is 26.0 Å². The van der Waals surface area contributed by atoms with Crippen LogP contribution in [0.5, 0.6) is 11.5 Å². The number of fused-ring (bicyclic) bond motifs is 8. The summed E-state index contributed by atoms with van der Waals surface area (Å²) in [6.07, 6.45) is 12.5. The van der Waals surface area contributed by atoms with Gasteiger partial charge in [0, 0.05) is 46.6 Å². The SMILES string of the molecule is COc1cc2c3c(c4c(c2cc1N1CCOCC1)-c1cc(F)cc(F)c1C4(C)C)C=CC(C1=CC=CCC1)(c1ccccc1)O3. The van der Waals surface area contributed by atoms with Gasteiger partial charge in [-0.15, -0.1) is 0 Å². The minimum absolute atomic E-state index is 0.505. The zero-order valence-electron chi connectivity index (χ0n) is 25.8. The number of halogens is 2. The van der Waals surface area contributed by atoms with Gasteiger partial charge in [-0.2, -0.15) is 0 Å². The summed E-state index contributed by atoms with van der Waals surface area (Å²) >= 11 is 0. The third kappa shape index (κ3) is 4.11. The first-order valence-electron chi connectivity index (χ1n) is 15.7. The number of ether oxygens (including phenoxy) is 3. The Balaban J connectivity index is 1.48. The minimum Gasteiger partial charge on any atom is -0.495 e. The van der Waals surface area contributed by atoms with Crippen molar-refractivity contribution in [3.8, 4) is 22.6 Å². The fraction of sp³-hybridized carbons (Fsp3) is 0.282. The van der Waals surface area contributed by atoms with E-state index in [1.54, 1.807) is 7.11 Å². The molecule has 1 saturated heterocycles. The van der Waals surface area contributed by atoms with Crippen LogP contribution in [0.3, 0.4) is 0 Å². The number of methoxy groups -OCH3 is 1. The minimum atomic E-state index is -0.830. The predicted molar refractivity (Wildman–Crippen MR) is 175 cm³/mol. The number of benzene rings is 4. The highest BCUT2D eigenvalue weighted by Gasteiger charge is 2.46. The summed E-state index contributed by atoms with van der Waals surface area (Å²) in [5, 5.41) is 1.74. The van der Waals surface area contributed by atoms with Gasteiger partial charge in [0.25, 0.3) is 0 Å². The smallest absolute Gasteiger partial charge is 0.174 e. The highest BCUT2D eigenvalue weighted by Crippen LogP contribution is 2.60. The second-order valence-electron chi connectivity index (χ2n) is 12.8. The van der Waals surface area contributed by atoms with E-state index >= 15 is 4.39 Å². The van der Waals surface area contributed by atoms with Crippen molar-refractivity contribution in [2.45, 2.75) is 37.7 Å². The van der Waals surface area contributed by atoms with Gasteiger partial charge in [-0.1, -0.05) is 68.5 Å². The van der Waals surface area contributed by atoms with Crippen LogP contribution < -0.4 is 14.4 Å². The Morgan fingerprint density at radius 3 is 2.47 bits per heavy atom. The molecule has 2 heterocycles. The molecule has 4 aromatic rings. The number of anilines is 1. The molecule has 0 spiro atoms. The van der Waals surface area contributed by atoms with Crippen LogP contribution in [0.25, 0.3) is 28.0 Å². The van der Waals surface area contributed by atoms with Gasteiger partial charge in [0.1, 0.15) is 23.1 Å². The molecule has 8 rings (SSSR count). The van der Waals surface area contributed by atoms with Crippen molar-refractivity contribution < 1.29 is 23.0 Å². The molecule has 0 radical (unpaired) electrons. The molecule has 4 aromatic carbocycles. The van der Waals surface area contributed by atoms with Crippen molar-refractivity contribution in [2.24, 2.45) is 0 Å². The standard InChI is InChI=1S/C39H35F2NO3/c1-38(2)35-30(20-26(40)21-31(35)41)34-28-22-32(42-16-18-44-19-17-42)33(43-3)23-29(28)37-27(36(34)38)14-15-39(45-37,24-10-6-4-7-11-24)25-12-8-5-9-13-25/h4-8,10-12,14-15,20-23H,9,13,16-19H2,1-3H3. The van der Waals surface area contributed by atoms with Crippen LogP contribution in [-0.2, 0) is 15.8 Å². The average Bonchev–Trinajstić information content (AvgIpc) is 3.31. The number of hydrogen-bond donors (Lipinski definition) is 0. The van der Waals surface area contributed by atoms with Crippen molar-refractivity contribution in [1.82, 2.24) is 0 Å². The zero-order chi connectivity index (χ0) is 30.9. The van der Waals surface area contributed by atoms with Gasteiger partial charge < -0.3 is 19.1 Å². The van der Waals surface area contributed by atoms with Crippen LogP contribution in [0.4, 0.5) is 14.5 Å². The van der Waals surface area contributed by atoms with Crippen molar-refractivity contribution >= 4 is 22.5 Å². The summed E-state index contributed by atoms with van der Waals surface area (Å²) in [4.78, 5) is 2.26. The van der Waals surface area contributed by atoms with Gasteiger partial charge in [-0.25, -0.2) is 8.78 Å². The van der Waals surface area contributed by atoms with Crippen LogP contribution in [0.1, 0.15) is 48.9 Å². The van der Waals surface area contributed by atoms with E-state index in [1.807, 2.05) is 38.1 Å². The molecule has 0 saturated carbocycles. The maximum absolute atomic E-state index is 15.8. The molecule has 0 amide bonds. The lowest BCUT2D eigenvalue weighted by molar-refractivity contribution is 0.122. The lowest BCUT2D eigenvalue weighted by atomic mass is 9.75. The number of allylic oxidation sites excluding steroid dienone is 3. The third-order valence-electron chi connectivity index (χ3n) is 9.96. The topological polar surface area (TPSA) is 30.9 Å². The van der Waals surface area contributed by atoms with Gasteiger partial charge >= 0.3 is 0 Å². The van der Waals surface area contributed by atoms with Crippen molar-refractivity contribution in [3.05, 3.63) is 118 Å². The number of rotatable bonds is 4. The third-order valence-corrected chi connectivity index (χ3v) is 9.96. The summed E-state index contributed by atoms with van der Waals surface area (Å²) < 4.78 is 49.8. The van der Waals surface area contributed by atoms with Gasteiger partial charge in [-0.05, 0) is 64.8 Å². The van der Waals surface area contributed by atoms with Crippen LogP contribution in [0.15, 0.2) is 84.5 Å². The van der Waals surface area contributed by atoms with Gasteiger partial charge in [-0.3, -0.25) is 0 Å². The molecule has 1 unspecified atom stereocenters. The van der Waals surface area contributed by atoms with Crippen molar-refractivity contribution in [1.29, 1.82) is 0 Å². The molecule has 4 aliphatic rings. The molecule has 2 aliphatic heterocycles. The molecule has 2 aliphatic carbocycles. The van der Waals surface area contributed by atoms with E-state index < -0.39 is 22.7 Å². The Kier molecular flexibility index (Phi) is 6.44. The summed E-state index contributed by atoms with van der Waals surface area (Å²) in [7, 11) is 1.68. The average molecular weight is 604 g/mol. The van der Waals surface area contributed by atoms with E-state index in [0.717, 1.165) is 82.2 Å². The summed E-state index contributed by atoms with van der Waals surface area (Å²) in [6.45, 7) is 6.73. The van der Waals surface area contributed by atoms with E-state index in [1.165, 1.54) is 11.6 Å². The van der Waals surface area contributed by atoms with Crippen molar-refractivity contribution in [2.75, 3.05) is 38.3 Å². The first-order valence-corrected chi connectivity index (χ1v) is 15.7. The monoisotopic (exact) mass is 603 g/mol. The fourth-order valence-corrected chi connectivity index (χ4v) is 7.94. The number of morpholine rings is 1. The molecule has 4 nitrogen and oxygen atoms in total. The van der Waals surface area contributed by atoms with E-state index in [-0.39, 0.29) is 0 Å². The molecule has 0 N–H and O–H groups in total. The molecule has 1 fully saturated rings. The normalized spacial score (nSPS) is 21.2. The molecule has 0 aromatic heterocycles. The van der Waals surface area contributed by atoms with E-state index in [0.29, 0.717) is 24.3 Å². The Morgan fingerprint density at radius 2 is 1.73 bits per heavy atom. The zero-order valence-corrected chi connectivity index (χ0v) is 25.8. The maximum Gasteiger partial charge on any atom is 0.174 e. The maximum atomic E-state index is 15.8. The lowest BCUT2D eigenvalue weighted by Crippen LogP contribution is -2.36. The molecular formula is C39H35F2NO3. The lowest BCUT2D eigenvalue weighted by Gasteiger charge is -2.40. The Morgan fingerprint density at radius 1 is 0.933 bits per heavy atom. The van der Waals surface area contributed by atoms with E-state index in [9.17, 15) is 4.39 Å². The van der Waals surface area contributed by atoms with Crippen LogP contribution in [0, 0.1) is 11.6 Å². The van der Waals surface area contributed by atoms with Crippen LogP contribution in [-0.4, -0.2) is 33.4 Å². The van der Waals surface area contributed by atoms with Gasteiger partial charge in [0.2, 0.25) is 0 Å². The molecular weight excluding hydrogens is 568 g/mol. The number of hydrogen-bond acceptors (Lipinski definition) is 4. The second kappa shape index (κ2) is 10.3. The predicted octanol–water partition coefficient (Wildman–Crippen LogP) is 8.85. The van der Waals surface area contributed by atoms with Crippen LogP contribution >= 0.6 is 0 Å². The van der Waals surface area contributed by atoms with E-state index in [2.05, 4.69) is 53.5 Å². The number of nitrogens with zero attached hydrogens (tertiary/aromatic N) is 1. The van der Waals surface area contributed by atoms with Crippen LogP contribution in [0.2, 0.25) is 0 Å². The highest BCUT2D eigenvalue weighted by atomic mass is 19.1.